The van der Waals surface area contributed by atoms with E-state index in [0.29, 0.717) is 12.0 Å². The Balaban J connectivity index is 2.99. The van der Waals surface area contributed by atoms with Gasteiger partial charge in [0.05, 0.1) is 16.9 Å². The van der Waals surface area contributed by atoms with Crippen LogP contribution in [0, 0.1) is 0 Å². The molecule has 1 rings (SSSR count). The average Bonchev–Trinajstić information content (AvgIpc) is 2.35. The highest BCUT2D eigenvalue weighted by atomic mass is 32.2. The van der Waals surface area contributed by atoms with E-state index in [4.69, 9.17) is 5.11 Å². The maximum Gasteiger partial charge on any atom is 0.390 e. The lowest BCUT2D eigenvalue weighted by atomic mass is 10.1. The summed E-state index contributed by atoms with van der Waals surface area (Å²) in [6, 6.07) is 3.44. The molecule has 21 heavy (non-hydrogen) atoms. The van der Waals surface area contributed by atoms with Gasteiger partial charge in [-0.15, -0.1) is 0 Å². The second-order valence-electron chi connectivity index (χ2n) is 4.24. The molecule has 0 aromatic heterocycles. The Morgan fingerprint density at radius 3 is 2.43 bits per heavy atom. The first-order valence-electron chi connectivity index (χ1n) is 5.99. The van der Waals surface area contributed by atoms with Gasteiger partial charge in [0.1, 0.15) is 0 Å². The van der Waals surface area contributed by atoms with Gasteiger partial charge in [-0.25, -0.2) is 17.9 Å². The third-order valence-electron chi connectivity index (χ3n) is 2.70. The van der Waals surface area contributed by atoms with Crippen LogP contribution in [0.1, 0.15) is 29.3 Å². The summed E-state index contributed by atoms with van der Waals surface area (Å²) in [4.78, 5) is 10.7. The molecule has 2 N–H and O–H groups in total. The second kappa shape index (κ2) is 6.44. The van der Waals surface area contributed by atoms with E-state index in [2.05, 4.69) is 0 Å². The van der Waals surface area contributed by atoms with E-state index in [-0.39, 0.29) is 10.5 Å². The Kier molecular flexibility index (Phi) is 5.35. The van der Waals surface area contributed by atoms with Crippen molar-refractivity contribution in [2.45, 2.75) is 30.8 Å². The molecule has 0 fully saturated rings. The van der Waals surface area contributed by atoms with Crippen molar-refractivity contribution in [2.24, 2.45) is 0 Å². The largest absolute Gasteiger partial charge is 0.478 e. The summed E-state index contributed by atoms with van der Waals surface area (Å²) in [6.45, 7) is 0.904. The smallest absolute Gasteiger partial charge is 0.390 e. The normalized spacial score (nSPS) is 12.4. The molecule has 9 heteroatoms. The van der Waals surface area contributed by atoms with Gasteiger partial charge in [0.25, 0.3) is 0 Å². The first-order chi connectivity index (χ1) is 9.57. The van der Waals surface area contributed by atoms with Gasteiger partial charge >= 0.3 is 12.1 Å². The van der Waals surface area contributed by atoms with E-state index < -0.39 is 35.1 Å². The molecule has 0 radical (unpaired) electrons. The molecule has 0 saturated heterocycles. The molecule has 1 aromatic carbocycles. The molecule has 0 saturated carbocycles. The number of hydrogen-bond acceptors (Lipinski definition) is 3. The fraction of sp³-hybridized carbons (Fsp3) is 0.417. The van der Waals surface area contributed by atoms with Crippen LogP contribution in [0.5, 0.6) is 0 Å². The first kappa shape index (κ1) is 17.4. The van der Waals surface area contributed by atoms with Gasteiger partial charge in [-0.05, 0) is 24.1 Å². The SMILES string of the molecule is CCc1ccc(S(=O)(=O)NCCC(F)(F)F)cc1C(=O)O. The minimum atomic E-state index is -4.47. The van der Waals surface area contributed by atoms with Crippen LogP contribution < -0.4 is 4.72 Å². The summed E-state index contributed by atoms with van der Waals surface area (Å²) in [7, 11) is -4.18. The average molecular weight is 325 g/mol. The number of hydrogen-bond donors (Lipinski definition) is 2. The van der Waals surface area contributed by atoms with Crippen molar-refractivity contribution in [2.75, 3.05) is 6.54 Å². The van der Waals surface area contributed by atoms with Crippen LogP contribution in [0.3, 0.4) is 0 Å². The van der Waals surface area contributed by atoms with E-state index >= 15 is 0 Å². The molecule has 0 aliphatic carbocycles. The Labute approximate surface area is 119 Å². The lowest BCUT2D eigenvalue weighted by Gasteiger charge is -2.10. The van der Waals surface area contributed by atoms with Crippen molar-refractivity contribution in [1.29, 1.82) is 0 Å². The third-order valence-corrected chi connectivity index (χ3v) is 4.16. The number of sulfonamides is 1. The van der Waals surface area contributed by atoms with Crippen molar-refractivity contribution in [3.63, 3.8) is 0 Å². The second-order valence-corrected chi connectivity index (χ2v) is 6.01. The molecule has 0 spiro atoms. The first-order valence-corrected chi connectivity index (χ1v) is 7.48. The Bertz CT molecular complexity index is 626. The summed E-state index contributed by atoms with van der Waals surface area (Å²) in [5, 5.41) is 9.01. The summed E-state index contributed by atoms with van der Waals surface area (Å²) in [6.07, 6.45) is -5.38. The number of aromatic carboxylic acids is 1. The molecule has 0 atom stereocenters. The minimum absolute atomic E-state index is 0.184. The van der Waals surface area contributed by atoms with E-state index in [0.717, 1.165) is 6.07 Å². The van der Waals surface area contributed by atoms with E-state index in [1.165, 1.54) is 12.1 Å². The van der Waals surface area contributed by atoms with Crippen molar-refractivity contribution in [3.8, 4) is 0 Å². The number of halogens is 3. The molecular formula is C12H14F3NO4S. The van der Waals surface area contributed by atoms with Gasteiger partial charge in [-0.1, -0.05) is 13.0 Å². The number of carbonyl (C=O) groups is 1. The van der Waals surface area contributed by atoms with Crippen molar-refractivity contribution >= 4 is 16.0 Å². The molecule has 0 aliphatic heterocycles. The molecule has 0 unspecified atom stereocenters. The van der Waals surface area contributed by atoms with Crippen LogP contribution in [-0.2, 0) is 16.4 Å². The van der Waals surface area contributed by atoms with Crippen molar-refractivity contribution in [1.82, 2.24) is 4.72 Å². The predicted octanol–water partition coefficient (Wildman–Crippen LogP) is 2.18. The maximum absolute atomic E-state index is 12.0. The monoisotopic (exact) mass is 325 g/mol. The summed E-state index contributed by atoms with van der Waals surface area (Å²) in [5.41, 5.74) is 0.257. The minimum Gasteiger partial charge on any atom is -0.478 e. The fourth-order valence-corrected chi connectivity index (χ4v) is 2.70. The lowest BCUT2D eigenvalue weighted by Crippen LogP contribution is -2.28. The van der Waals surface area contributed by atoms with Gasteiger partial charge in [-0.3, -0.25) is 0 Å². The molecule has 118 valence electrons. The van der Waals surface area contributed by atoms with E-state index in [9.17, 15) is 26.4 Å². The van der Waals surface area contributed by atoms with Crippen LogP contribution in [0.4, 0.5) is 13.2 Å². The molecule has 1 aromatic rings. The third kappa shape index (κ3) is 5.01. The summed E-state index contributed by atoms with van der Waals surface area (Å²) in [5.74, 6) is -1.29. The maximum atomic E-state index is 12.0. The Hall–Kier alpha value is -1.61. The standard InChI is InChI=1S/C12H14F3NO4S/c1-2-8-3-4-9(7-10(8)11(17)18)21(19,20)16-6-5-12(13,14)15/h3-4,7,16H,2,5-6H2,1H3,(H,17,18). The highest BCUT2D eigenvalue weighted by molar-refractivity contribution is 7.89. The van der Waals surface area contributed by atoms with Gasteiger partial charge in [0, 0.05) is 6.54 Å². The van der Waals surface area contributed by atoms with Crippen LogP contribution in [0.15, 0.2) is 23.1 Å². The predicted molar refractivity (Wildman–Crippen MR) is 68.6 cm³/mol. The topological polar surface area (TPSA) is 83.5 Å². The highest BCUT2D eigenvalue weighted by Crippen LogP contribution is 2.20. The zero-order valence-electron chi connectivity index (χ0n) is 11.1. The van der Waals surface area contributed by atoms with Crippen molar-refractivity contribution < 1.29 is 31.5 Å². The number of nitrogens with one attached hydrogen (secondary N) is 1. The van der Waals surface area contributed by atoms with E-state index in [1.807, 2.05) is 0 Å². The zero-order chi connectivity index (χ0) is 16.3. The van der Waals surface area contributed by atoms with Gasteiger partial charge in [-0.2, -0.15) is 13.2 Å². The Morgan fingerprint density at radius 2 is 1.95 bits per heavy atom. The van der Waals surface area contributed by atoms with Gasteiger partial charge < -0.3 is 5.11 Å². The van der Waals surface area contributed by atoms with Crippen LogP contribution in [0.25, 0.3) is 0 Å². The molecule has 0 amide bonds. The quantitative estimate of drug-likeness (QED) is 0.840. The van der Waals surface area contributed by atoms with Crippen molar-refractivity contribution in [3.05, 3.63) is 29.3 Å². The number of alkyl halides is 3. The number of rotatable bonds is 6. The van der Waals surface area contributed by atoms with Gasteiger partial charge in [0.15, 0.2) is 0 Å². The lowest BCUT2D eigenvalue weighted by molar-refractivity contribution is -0.132. The molecule has 0 aliphatic rings. The van der Waals surface area contributed by atoms with Crippen LogP contribution >= 0.6 is 0 Å². The fourth-order valence-electron chi connectivity index (χ4n) is 1.64. The van der Waals surface area contributed by atoms with E-state index in [1.54, 1.807) is 11.6 Å². The number of benzene rings is 1. The molecular weight excluding hydrogens is 311 g/mol. The van der Waals surface area contributed by atoms with Crippen LogP contribution in [0.2, 0.25) is 0 Å². The Morgan fingerprint density at radius 1 is 1.33 bits per heavy atom. The number of aryl methyl sites for hydroxylation is 1. The number of carboxylic acid groups (broad SMARTS) is 1. The molecule has 0 heterocycles. The summed E-state index contributed by atoms with van der Waals surface area (Å²) >= 11 is 0. The highest BCUT2D eigenvalue weighted by Gasteiger charge is 2.27. The van der Waals surface area contributed by atoms with Crippen LogP contribution in [-0.4, -0.2) is 32.2 Å². The molecule has 5 nitrogen and oxygen atoms in total. The zero-order valence-corrected chi connectivity index (χ0v) is 11.9. The van der Waals surface area contributed by atoms with Gasteiger partial charge in [0.2, 0.25) is 10.0 Å². The molecule has 0 bridgehead atoms. The number of carboxylic acids is 1. The summed E-state index contributed by atoms with van der Waals surface area (Å²) < 4.78 is 61.4.